The smallest absolute Gasteiger partial charge is 0.222 e. The SMILES string of the molecule is CCOc1ccccc1N1CCN(C(=O)CCCc2cccs2)CC1. The first-order valence-electron chi connectivity index (χ1n) is 9.05. The molecule has 0 unspecified atom stereocenters. The highest BCUT2D eigenvalue weighted by atomic mass is 32.1. The van der Waals surface area contributed by atoms with Crippen LogP contribution < -0.4 is 9.64 Å². The van der Waals surface area contributed by atoms with Crippen molar-refractivity contribution < 1.29 is 9.53 Å². The number of ether oxygens (including phenoxy) is 1. The molecule has 3 rings (SSSR count). The first-order valence-corrected chi connectivity index (χ1v) is 9.93. The number of hydrogen-bond acceptors (Lipinski definition) is 4. The first kappa shape index (κ1) is 17.8. The van der Waals surface area contributed by atoms with Crippen molar-refractivity contribution >= 4 is 22.9 Å². The highest BCUT2D eigenvalue weighted by Gasteiger charge is 2.22. The van der Waals surface area contributed by atoms with Crippen molar-refractivity contribution in [2.24, 2.45) is 0 Å². The molecule has 1 aromatic heterocycles. The molecule has 5 heteroatoms. The molecule has 1 amide bonds. The standard InChI is InChI=1S/C20H26N2O2S/c1-2-24-19-10-4-3-9-18(19)21-12-14-22(15-13-21)20(23)11-5-7-17-8-6-16-25-17/h3-4,6,8-10,16H,2,5,7,11-15H2,1H3. The van der Waals surface area contributed by atoms with Crippen LogP contribution in [-0.4, -0.2) is 43.6 Å². The van der Waals surface area contributed by atoms with Crippen LogP contribution in [-0.2, 0) is 11.2 Å². The van der Waals surface area contributed by atoms with Gasteiger partial charge in [0.25, 0.3) is 0 Å². The number of amides is 1. The largest absolute Gasteiger partial charge is 0.492 e. The Labute approximate surface area is 154 Å². The quantitative estimate of drug-likeness (QED) is 0.754. The van der Waals surface area contributed by atoms with Gasteiger partial charge in [-0.2, -0.15) is 0 Å². The molecule has 1 aromatic carbocycles. The molecule has 0 spiro atoms. The number of benzene rings is 1. The lowest BCUT2D eigenvalue weighted by Crippen LogP contribution is -2.48. The highest BCUT2D eigenvalue weighted by Crippen LogP contribution is 2.28. The second-order valence-corrected chi connectivity index (χ2v) is 7.23. The van der Waals surface area contributed by atoms with E-state index in [9.17, 15) is 4.79 Å². The predicted molar refractivity (Wildman–Crippen MR) is 104 cm³/mol. The van der Waals surface area contributed by atoms with Crippen LogP contribution in [0.4, 0.5) is 5.69 Å². The molecular weight excluding hydrogens is 332 g/mol. The van der Waals surface area contributed by atoms with E-state index < -0.39 is 0 Å². The van der Waals surface area contributed by atoms with Gasteiger partial charge < -0.3 is 14.5 Å². The monoisotopic (exact) mass is 358 g/mol. The van der Waals surface area contributed by atoms with E-state index in [-0.39, 0.29) is 5.91 Å². The maximum absolute atomic E-state index is 12.4. The van der Waals surface area contributed by atoms with Crippen molar-refractivity contribution in [3.05, 3.63) is 46.7 Å². The van der Waals surface area contributed by atoms with Crippen LogP contribution in [0.25, 0.3) is 0 Å². The minimum absolute atomic E-state index is 0.286. The number of aryl methyl sites for hydroxylation is 1. The molecular formula is C20H26N2O2S. The average Bonchev–Trinajstić information content (AvgIpc) is 3.16. The van der Waals surface area contributed by atoms with Crippen LogP contribution in [0.3, 0.4) is 0 Å². The molecule has 1 aliphatic rings. The van der Waals surface area contributed by atoms with E-state index in [1.54, 1.807) is 11.3 Å². The van der Waals surface area contributed by atoms with Crippen molar-refractivity contribution in [2.45, 2.75) is 26.2 Å². The van der Waals surface area contributed by atoms with Gasteiger partial charge in [-0.25, -0.2) is 0 Å². The first-order chi connectivity index (χ1) is 12.3. The lowest BCUT2D eigenvalue weighted by atomic mass is 10.1. The number of piperazine rings is 1. The van der Waals surface area contributed by atoms with E-state index in [0.29, 0.717) is 13.0 Å². The molecule has 0 atom stereocenters. The van der Waals surface area contributed by atoms with Gasteiger partial charge in [-0.05, 0) is 43.3 Å². The van der Waals surface area contributed by atoms with Gasteiger partial charge in [0.1, 0.15) is 5.75 Å². The minimum Gasteiger partial charge on any atom is -0.492 e. The Hall–Kier alpha value is -2.01. The summed E-state index contributed by atoms with van der Waals surface area (Å²) in [7, 11) is 0. The number of para-hydroxylation sites is 2. The summed E-state index contributed by atoms with van der Waals surface area (Å²) < 4.78 is 5.73. The summed E-state index contributed by atoms with van der Waals surface area (Å²) in [4.78, 5) is 18.1. The number of hydrogen-bond donors (Lipinski definition) is 0. The summed E-state index contributed by atoms with van der Waals surface area (Å²) in [5, 5.41) is 2.09. The van der Waals surface area contributed by atoms with Crippen LogP contribution in [0.2, 0.25) is 0 Å². The third-order valence-corrected chi connectivity index (χ3v) is 5.47. The Morgan fingerprint density at radius 3 is 2.64 bits per heavy atom. The van der Waals surface area contributed by atoms with E-state index in [1.807, 2.05) is 30.0 Å². The van der Waals surface area contributed by atoms with Crippen LogP contribution in [0.1, 0.15) is 24.6 Å². The fourth-order valence-electron chi connectivity index (χ4n) is 3.22. The van der Waals surface area contributed by atoms with E-state index in [4.69, 9.17) is 4.74 Å². The van der Waals surface area contributed by atoms with Gasteiger partial charge in [0.2, 0.25) is 5.91 Å². The number of nitrogens with zero attached hydrogens (tertiary/aromatic N) is 2. The molecule has 1 saturated heterocycles. The van der Waals surface area contributed by atoms with Crippen molar-refractivity contribution in [1.29, 1.82) is 0 Å². The maximum atomic E-state index is 12.4. The van der Waals surface area contributed by atoms with Crippen molar-refractivity contribution in [2.75, 3.05) is 37.7 Å². The molecule has 2 aromatic rings. The lowest BCUT2D eigenvalue weighted by Gasteiger charge is -2.36. The van der Waals surface area contributed by atoms with Crippen molar-refractivity contribution in [3.63, 3.8) is 0 Å². The fraction of sp³-hybridized carbons (Fsp3) is 0.450. The van der Waals surface area contributed by atoms with Gasteiger partial charge in [0, 0.05) is 37.5 Å². The summed E-state index contributed by atoms with van der Waals surface area (Å²) in [6, 6.07) is 12.4. The number of thiophene rings is 1. The summed E-state index contributed by atoms with van der Waals surface area (Å²) in [6.07, 6.45) is 2.59. The third-order valence-electron chi connectivity index (χ3n) is 4.53. The average molecular weight is 359 g/mol. The molecule has 134 valence electrons. The Morgan fingerprint density at radius 2 is 1.92 bits per heavy atom. The zero-order chi connectivity index (χ0) is 17.5. The summed E-state index contributed by atoms with van der Waals surface area (Å²) in [5.74, 6) is 1.22. The Bertz CT molecular complexity index is 664. The normalized spacial score (nSPS) is 14.6. The molecule has 4 nitrogen and oxygen atoms in total. The number of carbonyl (C=O) groups excluding carboxylic acids is 1. The predicted octanol–water partition coefficient (Wildman–Crippen LogP) is 3.82. The molecule has 0 N–H and O–H groups in total. The molecule has 0 bridgehead atoms. The topological polar surface area (TPSA) is 32.8 Å². The van der Waals surface area contributed by atoms with Crippen molar-refractivity contribution in [1.82, 2.24) is 4.90 Å². The van der Waals surface area contributed by atoms with Crippen LogP contribution in [0.15, 0.2) is 41.8 Å². The Balaban J connectivity index is 1.47. The number of carbonyl (C=O) groups is 1. The minimum atomic E-state index is 0.286. The van der Waals surface area contributed by atoms with Crippen LogP contribution in [0.5, 0.6) is 5.75 Å². The van der Waals surface area contributed by atoms with Crippen LogP contribution in [0, 0.1) is 0 Å². The Morgan fingerprint density at radius 1 is 1.12 bits per heavy atom. The third kappa shape index (κ3) is 4.75. The van der Waals surface area contributed by atoms with E-state index in [2.05, 4.69) is 28.5 Å². The second-order valence-electron chi connectivity index (χ2n) is 6.20. The molecule has 2 heterocycles. The van der Waals surface area contributed by atoms with Gasteiger partial charge in [-0.3, -0.25) is 4.79 Å². The molecule has 0 radical (unpaired) electrons. The summed E-state index contributed by atoms with van der Waals surface area (Å²) in [5.41, 5.74) is 1.13. The zero-order valence-corrected chi connectivity index (χ0v) is 15.6. The second kappa shape index (κ2) is 8.90. The molecule has 25 heavy (non-hydrogen) atoms. The molecule has 1 aliphatic heterocycles. The highest BCUT2D eigenvalue weighted by molar-refractivity contribution is 7.09. The van der Waals surface area contributed by atoms with Gasteiger partial charge in [-0.15, -0.1) is 11.3 Å². The van der Waals surface area contributed by atoms with Gasteiger partial charge >= 0.3 is 0 Å². The van der Waals surface area contributed by atoms with Gasteiger partial charge in [-0.1, -0.05) is 18.2 Å². The maximum Gasteiger partial charge on any atom is 0.222 e. The summed E-state index contributed by atoms with van der Waals surface area (Å²) in [6.45, 7) is 5.97. The molecule has 0 aliphatic carbocycles. The lowest BCUT2D eigenvalue weighted by molar-refractivity contribution is -0.131. The Kier molecular flexibility index (Phi) is 6.34. The molecule has 1 fully saturated rings. The molecule has 0 saturated carbocycles. The van der Waals surface area contributed by atoms with E-state index in [1.165, 1.54) is 4.88 Å². The number of rotatable bonds is 7. The van der Waals surface area contributed by atoms with Gasteiger partial charge in [0.15, 0.2) is 0 Å². The summed E-state index contributed by atoms with van der Waals surface area (Å²) >= 11 is 1.77. The van der Waals surface area contributed by atoms with Gasteiger partial charge in [0.05, 0.1) is 12.3 Å². The van der Waals surface area contributed by atoms with Crippen molar-refractivity contribution in [3.8, 4) is 5.75 Å². The van der Waals surface area contributed by atoms with Crippen LogP contribution >= 0.6 is 11.3 Å². The zero-order valence-electron chi connectivity index (χ0n) is 14.8. The van der Waals surface area contributed by atoms with E-state index in [0.717, 1.165) is 50.5 Å². The number of anilines is 1. The fourth-order valence-corrected chi connectivity index (χ4v) is 3.97. The van der Waals surface area contributed by atoms with E-state index >= 15 is 0 Å².